The van der Waals surface area contributed by atoms with Crippen molar-refractivity contribution >= 4 is 13.2 Å². The molecule has 0 saturated heterocycles. The molecule has 0 fully saturated rings. The van der Waals surface area contributed by atoms with Crippen molar-refractivity contribution in [3.05, 3.63) is 41.5 Å². The SMILES string of the molecule is NC(CCCCOB(O)O)c1nnnn1CC(=O)NCc1ccccc1F. The molecule has 1 unspecified atom stereocenters. The maximum absolute atomic E-state index is 13.6. The van der Waals surface area contributed by atoms with Crippen molar-refractivity contribution in [1.29, 1.82) is 0 Å². The minimum Gasteiger partial charge on any atom is -0.402 e. The molecule has 1 aromatic heterocycles. The monoisotopic (exact) mass is 380 g/mol. The van der Waals surface area contributed by atoms with Crippen LogP contribution in [0, 0.1) is 5.82 Å². The Kier molecular flexibility index (Phi) is 8.26. The summed E-state index contributed by atoms with van der Waals surface area (Å²) in [5, 5.41) is 31.0. The van der Waals surface area contributed by atoms with Crippen molar-refractivity contribution in [3.63, 3.8) is 0 Å². The van der Waals surface area contributed by atoms with Gasteiger partial charge in [0, 0.05) is 18.7 Å². The number of amides is 1. The zero-order valence-corrected chi connectivity index (χ0v) is 14.7. The van der Waals surface area contributed by atoms with Gasteiger partial charge in [0.1, 0.15) is 12.4 Å². The third kappa shape index (κ3) is 7.02. The van der Waals surface area contributed by atoms with E-state index >= 15 is 0 Å². The number of unbranched alkanes of at least 4 members (excludes halogenated alkanes) is 1. The van der Waals surface area contributed by atoms with E-state index in [0.29, 0.717) is 30.7 Å². The molecule has 146 valence electrons. The van der Waals surface area contributed by atoms with Crippen LogP contribution in [0.5, 0.6) is 0 Å². The number of hydrogen-bond donors (Lipinski definition) is 4. The Bertz CT molecular complexity index is 732. The lowest BCUT2D eigenvalue weighted by atomic mass is 10.1. The van der Waals surface area contributed by atoms with E-state index in [1.54, 1.807) is 18.2 Å². The van der Waals surface area contributed by atoms with Crippen molar-refractivity contribution in [2.45, 2.75) is 38.4 Å². The fourth-order valence-electron chi connectivity index (χ4n) is 2.40. The second kappa shape index (κ2) is 10.7. The summed E-state index contributed by atoms with van der Waals surface area (Å²) in [6, 6.07) is 5.70. The molecule has 5 N–H and O–H groups in total. The van der Waals surface area contributed by atoms with Crippen LogP contribution in [0.15, 0.2) is 24.3 Å². The van der Waals surface area contributed by atoms with Gasteiger partial charge in [0.05, 0.1) is 6.04 Å². The van der Waals surface area contributed by atoms with E-state index < -0.39 is 13.4 Å². The van der Waals surface area contributed by atoms with Gasteiger partial charge in [0.25, 0.3) is 0 Å². The fourth-order valence-corrected chi connectivity index (χ4v) is 2.40. The molecule has 12 heteroatoms. The van der Waals surface area contributed by atoms with Crippen LogP contribution in [0.25, 0.3) is 0 Å². The Morgan fingerprint density at radius 3 is 2.89 bits per heavy atom. The Labute approximate surface area is 155 Å². The summed E-state index contributed by atoms with van der Waals surface area (Å²) in [5.74, 6) is -0.399. The Morgan fingerprint density at radius 1 is 1.37 bits per heavy atom. The molecule has 1 aromatic carbocycles. The molecule has 0 bridgehead atoms. The van der Waals surface area contributed by atoms with Gasteiger partial charge in [0.2, 0.25) is 5.91 Å². The van der Waals surface area contributed by atoms with E-state index in [0.717, 1.165) is 0 Å². The Hall–Kier alpha value is -2.41. The maximum Gasteiger partial charge on any atom is 0.633 e. The van der Waals surface area contributed by atoms with Crippen LogP contribution in [0.3, 0.4) is 0 Å². The number of nitrogens with zero attached hydrogens (tertiary/aromatic N) is 4. The quantitative estimate of drug-likeness (QED) is 0.295. The first-order valence-electron chi connectivity index (χ1n) is 8.47. The van der Waals surface area contributed by atoms with Gasteiger partial charge < -0.3 is 25.8 Å². The van der Waals surface area contributed by atoms with E-state index in [2.05, 4.69) is 25.5 Å². The van der Waals surface area contributed by atoms with Gasteiger partial charge in [-0.25, -0.2) is 9.07 Å². The number of carbonyl (C=O) groups is 1. The maximum atomic E-state index is 13.6. The minimum atomic E-state index is -1.78. The average molecular weight is 380 g/mol. The molecule has 1 heterocycles. The number of hydrogen-bond acceptors (Lipinski definition) is 8. The predicted molar refractivity (Wildman–Crippen MR) is 93.0 cm³/mol. The van der Waals surface area contributed by atoms with Crippen molar-refractivity contribution in [1.82, 2.24) is 25.5 Å². The molecule has 1 amide bonds. The zero-order chi connectivity index (χ0) is 19.6. The Morgan fingerprint density at radius 2 is 2.15 bits per heavy atom. The first kappa shape index (κ1) is 20.9. The fraction of sp³-hybridized carbons (Fsp3) is 0.467. The normalized spacial score (nSPS) is 12.0. The molecular weight excluding hydrogens is 358 g/mol. The van der Waals surface area contributed by atoms with Crippen LogP contribution in [-0.4, -0.2) is 50.1 Å². The standard InChI is InChI=1S/C15H22BFN6O4/c17-12-6-2-1-5-11(12)9-19-14(24)10-23-15(20-21-22-23)13(18)7-3-4-8-27-16(25)26/h1-2,5-6,13,25-26H,3-4,7-10,18H2,(H,19,24). The van der Waals surface area contributed by atoms with Crippen molar-refractivity contribution in [3.8, 4) is 0 Å². The van der Waals surface area contributed by atoms with Crippen LogP contribution in [0.2, 0.25) is 0 Å². The van der Waals surface area contributed by atoms with Gasteiger partial charge in [-0.15, -0.1) is 5.10 Å². The van der Waals surface area contributed by atoms with Gasteiger partial charge in [-0.1, -0.05) is 18.2 Å². The summed E-state index contributed by atoms with van der Waals surface area (Å²) >= 11 is 0. The molecule has 2 aromatic rings. The summed E-state index contributed by atoms with van der Waals surface area (Å²) in [7, 11) is -1.78. The lowest BCUT2D eigenvalue weighted by Crippen LogP contribution is -2.30. The number of tetrazole rings is 1. The first-order valence-corrected chi connectivity index (χ1v) is 8.47. The topological polar surface area (TPSA) is 148 Å². The molecule has 0 radical (unpaired) electrons. The van der Waals surface area contributed by atoms with Crippen LogP contribution >= 0.6 is 0 Å². The molecular formula is C15H22BFN6O4. The van der Waals surface area contributed by atoms with Crippen LogP contribution in [-0.2, 0) is 22.5 Å². The molecule has 0 aliphatic rings. The summed E-state index contributed by atoms with van der Waals surface area (Å²) in [6.45, 7) is 0.115. The van der Waals surface area contributed by atoms with E-state index in [9.17, 15) is 9.18 Å². The highest BCUT2D eigenvalue weighted by Gasteiger charge is 2.17. The number of halogens is 1. The molecule has 0 aliphatic carbocycles. The number of aromatic nitrogens is 4. The molecule has 0 saturated carbocycles. The van der Waals surface area contributed by atoms with E-state index in [1.165, 1.54) is 10.7 Å². The average Bonchev–Trinajstić information content (AvgIpc) is 3.08. The minimum absolute atomic E-state index is 0.0612. The number of carbonyl (C=O) groups excluding carboxylic acids is 1. The molecule has 0 spiro atoms. The second-order valence-corrected chi connectivity index (χ2v) is 5.86. The second-order valence-electron chi connectivity index (χ2n) is 5.86. The number of benzene rings is 1. The predicted octanol–water partition coefficient (Wildman–Crippen LogP) is -0.715. The van der Waals surface area contributed by atoms with Gasteiger partial charge in [-0.05, 0) is 35.8 Å². The zero-order valence-electron chi connectivity index (χ0n) is 14.7. The van der Waals surface area contributed by atoms with Crippen LogP contribution in [0.4, 0.5) is 4.39 Å². The third-order valence-corrected chi connectivity index (χ3v) is 3.79. The Balaban J connectivity index is 1.79. The smallest absolute Gasteiger partial charge is 0.402 e. The number of rotatable bonds is 11. The van der Waals surface area contributed by atoms with E-state index in [-0.39, 0.29) is 31.4 Å². The molecule has 27 heavy (non-hydrogen) atoms. The van der Waals surface area contributed by atoms with Crippen molar-refractivity contribution < 1.29 is 23.9 Å². The van der Waals surface area contributed by atoms with Gasteiger partial charge in [-0.3, -0.25) is 4.79 Å². The lowest BCUT2D eigenvalue weighted by molar-refractivity contribution is -0.122. The third-order valence-electron chi connectivity index (χ3n) is 3.79. The highest BCUT2D eigenvalue weighted by Crippen LogP contribution is 2.13. The van der Waals surface area contributed by atoms with Gasteiger partial charge >= 0.3 is 7.32 Å². The van der Waals surface area contributed by atoms with Gasteiger partial charge in [0.15, 0.2) is 5.82 Å². The van der Waals surface area contributed by atoms with Crippen LogP contribution in [0.1, 0.15) is 36.7 Å². The summed E-state index contributed by atoms with van der Waals surface area (Å²) in [4.78, 5) is 12.1. The number of nitrogens with two attached hydrogens (primary N) is 1. The summed E-state index contributed by atoms with van der Waals surface area (Å²) in [5.41, 5.74) is 6.44. The lowest BCUT2D eigenvalue weighted by Gasteiger charge is -2.12. The molecule has 10 nitrogen and oxygen atoms in total. The molecule has 1 atom stereocenters. The highest BCUT2D eigenvalue weighted by atomic mass is 19.1. The van der Waals surface area contributed by atoms with Crippen LogP contribution < -0.4 is 11.1 Å². The van der Waals surface area contributed by atoms with E-state index in [4.69, 9.17) is 15.8 Å². The largest absolute Gasteiger partial charge is 0.633 e. The van der Waals surface area contributed by atoms with Gasteiger partial charge in [-0.2, -0.15) is 0 Å². The van der Waals surface area contributed by atoms with Crippen molar-refractivity contribution in [2.24, 2.45) is 5.73 Å². The first-order chi connectivity index (χ1) is 13.0. The summed E-state index contributed by atoms with van der Waals surface area (Å²) in [6.07, 6.45) is 1.76. The van der Waals surface area contributed by atoms with Crippen molar-refractivity contribution in [2.75, 3.05) is 6.61 Å². The molecule has 0 aliphatic heterocycles. The highest BCUT2D eigenvalue weighted by molar-refractivity contribution is 6.32. The number of nitrogens with one attached hydrogen (secondary N) is 1. The van der Waals surface area contributed by atoms with E-state index in [1.807, 2.05) is 0 Å². The summed E-state index contributed by atoms with van der Waals surface area (Å²) < 4.78 is 19.5. The molecule has 2 rings (SSSR count).